The Morgan fingerprint density at radius 3 is 1.51 bits per heavy atom. The van der Waals surface area contributed by atoms with Crippen LogP contribution in [0.5, 0.6) is 0 Å². The zero-order chi connectivity index (χ0) is 51.6. The lowest BCUT2D eigenvalue weighted by molar-refractivity contribution is 0.591. The molecule has 0 aliphatic rings. The molecular formula is C68H49N3S. The van der Waals surface area contributed by atoms with Gasteiger partial charge in [-0.2, -0.15) is 0 Å². The first-order valence-electron chi connectivity index (χ1n) is 26.5. The number of thiophene rings is 1. The van der Waals surface area contributed by atoms with Gasteiger partial charge in [-0.1, -0.05) is 160 Å². The first-order chi connectivity index (χ1) is 36.9. The van der Waals surface area contributed by atoms with Crippen molar-refractivity contribution in [3.8, 4) is 22.3 Å². The second-order valence-corrected chi connectivity index (χ2v) is 21.0. The molecule has 0 fully saturated rings. The fourth-order valence-electron chi connectivity index (χ4n) is 11.0. The van der Waals surface area contributed by atoms with Crippen molar-refractivity contribution in [2.24, 2.45) is 0 Å². The maximum Gasteiger partial charge on any atom is 0.0641 e. The van der Waals surface area contributed by atoms with Crippen LogP contribution in [0.1, 0.15) is 31.8 Å². The Balaban J connectivity index is 0.927. The van der Waals surface area contributed by atoms with E-state index in [1.54, 1.807) is 0 Å². The smallest absolute Gasteiger partial charge is 0.0641 e. The fourth-order valence-corrected chi connectivity index (χ4v) is 12.2. The molecule has 0 saturated heterocycles. The largest absolute Gasteiger partial charge is 0.310 e. The van der Waals surface area contributed by atoms with Crippen LogP contribution in [0.4, 0.5) is 34.1 Å². The molecule has 342 valence electrons. The minimum absolute atomic E-state index is 0.0680. The molecule has 0 radical (unpaired) electrons. The summed E-state index contributed by atoms with van der Waals surface area (Å²) in [6.45, 7) is 6.85. The van der Waals surface area contributed by atoms with Crippen molar-refractivity contribution in [2.45, 2.75) is 26.2 Å². The Morgan fingerprint density at radius 2 is 0.889 bits per heavy atom. The van der Waals surface area contributed by atoms with Crippen LogP contribution in [-0.4, -0.2) is 4.40 Å². The summed E-state index contributed by atoms with van der Waals surface area (Å²) in [4.78, 5) is 4.61. The van der Waals surface area contributed by atoms with Crippen LogP contribution in [0.25, 0.3) is 91.3 Å². The van der Waals surface area contributed by atoms with Gasteiger partial charge >= 0.3 is 0 Å². The highest BCUT2D eigenvalue weighted by Gasteiger charge is 2.26. The number of aromatic nitrogens is 1. The monoisotopic (exact) mass is 943 g/mol. The molecule has 14 aromatic rings. The molecule has 0 N–H and O–H groups in total. The van der Waals surface area contributed by atoms with E-state index in [1.807, 2.05) is 96.3 Å². The number of para-hydroxylation sites is 2. The third kappa shape index (κ3) is 6.86. The van der Waals surface area contributed by atoms with Gasteiger partial charge in [-0.3, -0.25) is 0 Å². The minimum Gasteiger partial charge on any atom is -0.310 e. The van der Waals surface area contributed by atoms with E-state index < -0.39 is 0 Å². The molecular weight excluding hydrogens is 891 g/mol. The standard InChI is InChI=1S/C68H49N3S/c1-68(2,3)50-28-36-61-60(42-50)66-62(70(52-22-14-7-15-23-52)54-31-26-47(27-32-54)45-18-10-5-11-19-45)37-35-57-58-38-48-39-59-56-34-33-55(43-65(56)72-64(59)41-49(48)40-63(58)71(61)67(57)66)69(51-20-12-6-13-21-51)53-29-24-46(25-30-53)44-16-8-4-9-17-44/h4-43H,1-3H3/i4D,5D,6D,7D. The first kappa shape index (κ1) is 38.1. The highest BCUT2D eigenvalue weighted by Crippen LogP contribution is 2.50. The Kier molecular flexibility index (Phi) is 8.70. The van der Waals surface area contributed by atoms with E-state index in [9.17, 15) is 0 Å². The quantitative estimate of drug-likeness (QED) is 0.150. The van der Waals surface area contributed by atoms with Crippen LogP contribution in [0.3, 0.4) is 0 Å². The molecule has 4 heteroatoms. The molecule has 0 amide bonds. The van der Waals surface area contributed by atoms with Gasteiger partial charge in [-0.15, -0.1) is 11.3 Å². The molecule has 3 nitrogen and oxygen atoms in total. The highest BCUT2D eigenvalue weighted by molar-refractivity contribution is 7.26. The summed E-state index contributed by atoms with van der Waals surface area (Å²) in [6, 6.07) is 78.1. The van der Waals surface area contributed by atoms with Gasteiger partial charge in [0.05, 0.1) is 27.7 Å². The van der Waals surface area contributed by atoms with Crippen LogP contribution in [0, 0.1) is 0 Å². The molecule has 0 bridgehead atoms. The molecule has 3 heterocycles. The lowest BCUT2D eigenvalue weighted by Gasteiger charge is -2.27. The topological polar surface area (TPSA) is 10.9 Å². The van der Waals surface area contributed by atoms with E-state index >= 15 is 0 Å². The lowest BCUT2D eigenvalue weighted by atomic mass is 9.86. The van der Waals surface area contributed by atoms with Gasteiger partial charge in [0.1, 0.15) is 0 Å². The molecule has 72 heavy (non-hydrogen) atoms. The summed E-state index contributed by atoms with van der Waals surface area (Å²) < 4.78 is 37.6. The summed E-state index contributed by atoms with van der Waals surface area (Å²) >= 11 is 1.82. The van der Waals surface area contributed by atoms with E-state index in [2.05, 4.69) is 168 Å². The van der Waals surface area contributed by atoms with Gasteiger partial charge in [0.2, 0.25) is 0 Å². The van der Waals surface area contributed by atoms with Crippen LogP contribution < -0.4 is 9.80 Å². The fraction of sp³-hybridized carbons (Fsp3) is 0.0588. The van der Waals surface area contributed by atoms with Gasteiger partial charge in [-0.25, -0.2) is 0 Å². The zero-order valence-corrected chi connectivity index (χ0v) is 40.9. The Morgan fingerprint density at radius 1 is 0.389 bits per heavy atom. The van der Waals surface area contributed by atoms with Gasteiger partial charge < -0.3 is 14.2 Å². The van der Waals surface area contributed by atoms with Gasteiger partial charge in [0.15, 0.2) is 0 Å². The van der Waals surface area contributed by atoms with E-state index in [-0.39, 0.29) is 5.41 Å². The third-order valence-corrected chi connectivity index (χ3v) is 15.7. The normalized spacial score (nSPS) is 12.9. The van der Waals surface area contributed by atoms with E-state index in [0.717, 1.165) is 56.4 Å². The van der Waals surface area contributed by atoms with Crippen LogP contribution >= 0.6 is 11.3 Å². The second-order valence-electron chi connectivity index (χ2n) is 19.9. The molecule has 0 atom stereocenters. The lowest BCUT2D eigenvalue weighted by Crippen LogP contribution is -2.11. The van der Waals surface area contributed by atoms with E-state index in [0.29, 0.717) is 24.2 Å². The van der Waals surface area contributed by atoms with Crippen LogP contribution in [-0.2, 0) is 5.41 Å². The van der Waals surface area contributed by atoms with Gasteiger partial charge in [0, 0.05) is 70.2 Å². The van der Waals surface area contributed by atoms with Crippen molar-refractivity contribution in [2.75, 3.05) is 9.80 Å². The first-order valence-corrected chi connectivity index (χ1v) is 25.4. The molecule has 3 aromatic heterocycles. The number of anilines is 6. The number of hydrogen-bond acceptors (Lipinski definition) is 3. The van der Waals surface area contributed by atoms with Crippen molar-refractivity contribution in [1.82, 2.24) is 4.40 Å². The highest BCUT2D eigenvalue weighted by atomic mass is 32.1. The summed E-state index contributed by atoms with van der Waals surface area (Å²) in [5, 5.41) is 9.65. The van der Waals surface area contributed by atoms with Crippen molar-refractivity contribution in [3.05, 3.63) is 248 Å². The Hall–Kier alpha value is -8.70. The van der Waals surface area contributed by atoms with Gasteiger partial charge in [-0.05, 0) is 147 Å². The molecule has 0 aliphatic heterocycles. The molecule has 14 rings (SSSR count). The number of nitrogens with zero attached hydrogens (tertiary/aromatic N) is 3. The van der Waals surface area contributed by atoms with E-state index in [4.69, 9.17) is 5.48 Å². The van der Waals surface area contributed by atoms with Crippen molar-refractivity contribution in [3.63, 3.8) is 0 Å². The second kappa shape index (κ2) is 16.4. The number of fused-ring (bicyclic) bond motifs is 10. The summed E-state index contributed by atoms with van der Waals surface area (Å²) in [7, 11) is 0. The summed E-state index contributed by atoms with van der Waals surface area (Å²) in [5.74, 6) is 0. The molecule has 11 aromatic carbocycles. The Bertz CT molecular complexity index is 4560. The third-order valence-electron chi connectivity index (χ3n) is 14.6. The average Bonchev–Trinajstić information content (AvgIpc) is 4.09. The maximum absolute atomic E-state index is 8.43. The predicted molar refractivity (Wildman–Crippen MR) is 310 cm³/mol. The molecule has 0 unspecified atom stereocenters. The van der Waals surface area contributed by atoms with Crippen molar-refractivity contribution >= 4 is 115 Å². The number of hydrogen-bond donors (Lipinski definition) is 0. The maximum atomic E-state index is 8.43. The molecule has 0 aliphatic carbocycles. The van der Waals surface area contributed by atoms with Crippen molar-refractivity contribution < 1.29 is 5.48 Å². The summed E-state index contributed by atoms with van der Waals surface area (Å²) in [5.41, 5.74) is 15.2. The van der Waals surface area contributed by atoms with Gasteiger partial charge in [0.25, 0.3) is 0 Å². The number of rotatable bonds is 8. The summed E-state index contributed by atoms with van der Waals surface area (Å²) in [6.07, 6.45) is 0. The molecule has 0 spiro atoms. The predicted octanol–water partition coefficient (Wildman–Crippen LogP) is 19.9. The molecule has 0 saturated carbocycles. The van der Waals surface area contributed by atoms with Crippen LogP contribution in [0.15, 0.2) is 243 Å². The minimum atomic E-state index is -0.0680. The SMILES string of the molecule is [2H]c1ccc(-c2ccc(N(c3ccc([2H])cc3)c3ccc4c(c3)sc3cc5cc6c(cc5cc34)c3ccc(N(c4ccc([2H])cc4)c4ccc(-c5ccc([2H])cc5)cc4)c4c5cc(C(C)(C)C)ccc5n6c34)cc2)cc1. The zero-order valence-electron chi connectivity index (χ0n) is 44.0. The number of benzene rings is 11. The average molecular weight is 944 g/mol. The van der Waals surface area contributed by atoms with Crippen molar-refractivity contribution in [1.29, 1.82) is 0 Å². The Labute approximate surface area is 428 Å². The van der Waals surface area contributed by atoms with E-state index in [1.165, 1.54) is 74.6 Å². The van der Waals surface area contributed by atoms with Crippen LogP contribution in [0.2, 0.25) is 0 Å².